The number of nitrogens with zero attached hydrogens (tertiary/aromatic N) is 1. The molecule has 0 aliphatic heterocycles. The largest absolute Gasteiger partial charge is 0.425 e. The van der Waals surface area contributed by atoms with Gasteiger partial charge in [0.1, 0.15) is 0 Å². The van der Waals surface area contributed by atoms with Crippen LogP contribution in [0.1, 0.15) is 6.92 Å². The highest BCUT2D eigenvalue weighted by Gasteiger charge is 2.03. The van der Waals surface area contributed by atoms with Crippen molar-refractivity contribution in [2.24, 2.45) is 0 Å². The minimum absolute atomic E-state index is 0.333. The third-order valence-corrected chi connectivity index (χ3v) is 1.54. The first-order valence-corrected chi connectivity index (χ1v) is 3.89. The third kappa shape index (κ3) is 2.22. The molecular formula is C9H10N2O3. The lowest BCUT2D eigenvalue weighted by atomic mass is 10.3. The number of amides is 1. The van der Waals surface area contributed by atoms with Crippen LogP contribution < -0.4 is 10.9 Å². The highest BCUT2D eigenvalue weighted by Crippen LogP contribution is 2.03. The predicted molar refractivity (Wildman–Crippen MR) is 51.3 cm³/mol. The molecule has 1 amide bonds. The summed E-state index contributed by atoms with van der Waals surface area (Å²) in [5, 5.41) is 11.4. The van der Waals surface area contributed by atoms with Gasteiger partial charge in [-0.25, -0.2) is 0 Å². The molecule has 0 unspecified atom stereocenters. The molecule has 0 aliphatic carbocycles. The lowest BCUT2D eigenvalue weighted by Gasteiger charge is -2.04. The van der Waals surface area contributed by atoms with Gasteiger partial charge in [-0.3, -0.25) is 9.59 Å². The Kier molecular flexibility index (Phi) is 2.71. The summed E-state index contributed by atoms with van der Waals surface area (Å²) in [6, 6.07) is 2.55. The first-order valence-electron chi connectivity index (χ1n) is 3.89. The van der Waals surface area contributed by atoms with Crippen molar-refractivity contribution >= 4 is 11.6 Å². The van der Waals surface area contributed by atoms with Gasteiger partial charge in [-0.15, -0.1) is 0 Å². The van der Waals surface area contributed by atoms with Crippen LogP contribution in [0.25, 0.3) is 0 Å². The van der Waals surface area contributed by atoms with Gasteiger partial charge in [0.2, 0.25) is 0 Å². The number of carbonyl (C=O) groups excluding carboxylic acids is 1. The Morgan fingerprint density at radius 3 is 2.71 bits per heavy atom. The fourth-order valence-electron chi connectivity index (χ4n) is 0.788. The summed E-state index contributed by atoms with van der Waals surface area (Å²) in [5.74, 6) is -0.358. The monoisotopic (exact) mass is 194 g/mol. The summed E-state index contributed by atoms with van der Waals surface area (Å²) in [6.45, 7) is 5.01. The lowest BCUT2D eigenvalue weighted by Crippen LogP contribution is -2.18. The molecule has 2 N–H and O–H groups in total. The van der Waals surface area contributed by atoms with E-state index in [4.69, 9.17) is 5.21 Å². The smallest absolute Gasteiger partial charge is 0.282 e. The number of pyridine rings is 1. The average Bonchev–Trinajstić information content (AvgIpc) is 2.11. The van der Waals surface area contributed by atoms with Crippen LogP contribution in [0.4, 0.5) is 5.69 Å². The summed E-state index contributed by atoms with van der Waals surface area (Å²) in [4.78, 5) is 21.9. The predicted octanol–water partition coefficient (Wildman–Crippen LogP) is 0.600. The summed E-state index contributed by atoms with van der Waals surface area (Å²) in [6.07, 6.45) is 1.11. The lowest BCUT2D eigenvalue weighted by molar-refractivity contribution is -0.112. The maximum atomic E-state index is 11.1. The van der Waals surface area contributed by atoms with Crippen molar-refractivity contribution in [3.8, 4) is 0 Å². The molecule has 0 radical (unpaired) electrons. The SMILES string of the molecule is C=C(C)C(=O)Nc1ccc(=O)n(O)c1. The van der Waals surface area contributed by atoms with E-state index < -0.39 is 5.56 Å². The standard InChI is InChI=1S/C9H10N2O3/c1-6(2)9(13)10-7-3-4-8(12)11(14)5-7/h3-5,14H,1H2,2H3,(H,10,13). The highest BCUT2D eigenvalue weighted by atomic mass is 16.5. The van der Waals surface area contributed by atoms with Crippen LogP contribution in [-0.4, -0.2) is 15.8 Å². The number of aromatic nitrogens is 1. The zero-order valence-corrected chi connectivity index (χ0v) is 7.65. The third-order valence-electron chi connectivity index (χ3n) is 1.54. The van der Waals surface area contributed by atoms with Gasteiger partial charge in [-0.1, -0.05) is 6.58 Å². The molecule has 5 nitrogen and oxygen atoms in total. The summed E-state index contributed by atoms with van der Waals surface area (Å²) < 4.78 is 0.397. The van der Waals surface area contributed by atoms with Crippen molar-refractivity contribution in [3.05, 3.63) is 40.8 Å². The molecule has 5 heteroatoms. The van der Waals surface area contributed by atoms with E-state index >= 15 is 0 Å². The van der Waals surface area contributed by atoms with Crippen LogP contribution in [0, 0.1) is 0 Å². The van der Waals surface area contributed by atoms with E-state index in [1.807, 2.05) is 0 Å². The number of hydrogen-bond donors (Lipinski definition) is 2. The van der Waals surface area contributed by atoms with E-state index in [0.29, 0.717) is 16.0 Å². The van der Waals surface area contributed by atoms with Gasteiger partial charge < -0.3 is 10.5 Å². The van der Waals surface area contributed by atoms with Crippen molar-refractivity contribution in [2.45, 2.75) is 6.92 Å². The van der Waals surface area contributed by atoms with E-state index in [2.05, 4.69) is 11.9 Å². The van der Waals surface area contributed by atoms with Gasteiger partial charge in [-0.2, -0.15) is 4.73 Å². The number of carbonyl (C=O) groups is 1. The maximum absolute atomic E-state index is 11.1. The number of anilines is 1. The second-order valence-electron chi connectivity index (χ2n) is 2.84. The fraction of sp³-hybridized carbons (Fsp3) is 0.111. The Balaban J connectivity index is 2.89. The Morgan fingerprint density at radius 2 is 2.21 bits per heavy atom. The second kappa shape index (κ2) is 3.78. The fourth-order valence-corrected chi connectivity index (χ4v) is 0.788. The summed E-state index contributed by atoms with van der Waals surface area (Å²) in [5.41, 5.74) is 0.124. The minimum atomic E-state index is -0.557. The molecule has 14 heavy (non-hydrogen) atoms. The maximum Gasteiger partial charge on any atom is 0.282 e. The van der Waals surface area contributed by atoms with Crippen LogP contribution >= 0.6 is 0 Å². The van der Waals surface area contributed by atoms with E-state index in [9.17, 15) is 9.59 Å². The van der Waals surface area contributed by atoms with Crippen LogP contribution in [0.5, 0.6) is 0 Å². The van der Waals surface area contributed by atoms with Crippen LogP contribution in [0.15, 0.2) is 35.3 Å². The first kappa shape index (κ1) is 10.0. The molecule has 1 aromatic heterocycles. The summed E-state index contributed by atoms with van der Waals surface area (Å²) >= 11 is 0. The Morgan fingerprint density at radius 1 is 1.57 bits per heavy atom. The number of hydrogen-bond acceptors (Lipinski definition) is 3. The van der Waals surface area contributed by atoms with E-state index in [0.717, 1.165) is 12.3 Å². The van der Waals surface area contributed by atoms with Gasteiger partial charge in [0.25, 0.3) is 11.5 Å². The van der Waals surface area contributed by atoms with Gasteiger partial charge >= 0.3 is 0 Å². The van der Waals surface area contributed by atoms with Gasteiger partial charge in [-0.05, 0) is 13.0 Å². The van der Waals surface area contributed by atoms with Crippen LogP contribution in [0.2, 0.25) is 0 Å². The topological polar surface area (TPSA) is 71.3 Å². The van der Waals surface area contributed by atoms with Gasteiger partial charge in [0.05, 0.1) is 11.9 Å². The molecule has 0 fully saturated rings. The highest BCUT2D eigenvalue weighted by molar-refractivity contribution is 6.02. The van der Waals surface area contributed by atoms with E-state index in [-0.39, 0.29) is 5.91 Å². The minimum Gasteiger partial charge on any atom is -0.425 e. The molecule has 0 bridgehead atoms. The zero-order chi connectivity index (χ0) is 10.7. The molecule has 1 rings (SSSR count). The molecule has 0 atom stereocenters. The van der Waals surface area contributed by atoms with Crippen molar-refractivity contribution in [3.63, 3.8) is 0 Å². The molecule has 0 aliphatic rings. The van der Waals surface area contributed by atoms with Crippen LogP contribution in [0.3, 0.4) is 0 Å². The van der Waals surface area contributed by atoms with Crippen molar-refractivity contribution in [1.29, 1.82) is 0 Å². The Labute approximate surface area is 80.3 Å². The second-order valence-corrected chi connectivity index (χ2v) is 2.84. The first-order chi connectivity index (χ1) is 6.50. The molecule has 0 aromatic carbocycles. The van der Waals surface area contributed by atoms with Crippen molar-refractivity contribution in [1.82, 2.24) is 4.73 Å². The van der Waals surface area contributed by atoms with Crippen molar-refractivity contribution in [2.75, 3.05) is 5.32 Å². The Bertz CT molecular complexity index is 434. The van der Waals surface area contributed by atoms with Crippen molar-refractivity contribution < 1.29 is 10.0 Å². The quantitative estimate of drug-likeness (QED) is 0.535. The molecule has 0 spiro atoms. The average molecular weight is 194 g/mol. The molecule has 0 saturated heterocycles. The van der Waals surface area contributed by atoms with Gasteiger partial charge in [0, 0.05) is 11.6 Å². The number of nitrogens with one attached hydrogen (secondary N) is 1. The normalized spacial score (nSPS) is 9.50. The van der Waals surface area contributed by atoms with Crippen LogP contribution in [-0.2, 0) is 4.79 Å². The summed E-state index contributed by atoms with van der Waals surface area (Å²) in [7, 11) is 0. The van der Waals surface area contributed by atoms with Gasteiger partial charge in [0.15, 0.2) is 0 Å². The molecule has 74 valence electrons. The molecule has 0 saturated carbocycles. The molecule has 1 heterocycles. The van der Waals surface area contributed by atoms with E-state index in [1.165, 1.54) is 6.07 Å². The zero-order valence-electron chi connectivity index (χ0n) is 7.65. The molecule has 1 aromatic rings. The molecular weight excluding hydrogens is 184 g/mol. The Hall–Kier alpha value is -2.04. The van der Waals surface area contributed by atoms with E-state index in [1.54, 1.807) is 6.92 Å². The number of rotatable bonds is 2.